The van der Waals surface area contributed by atoms with Crippen LogP contribution < -0.4 is 10.5 Å². The zero-order chi connectivity index (χ0) is 30.4. The van der Waals surface area contributed by atoms with Crippen LogP contribution in [0.2, 0.25) is 0 Å². The van der Waals surface area contributed by atoms with Gasteiger partial charge in [-0.1, -0.05) is 42.5 Å². The van der Waals surface area contributed by atoms with Gasteiger partial charge in [-0.3, -0.25) is 9.36 Å². The Kier molecular flexibility index (Phi) is 7.56. The summed E-state index contributed by atoms with van der Waals surface area (Å²) in [7, 11) is 0. The van der Waals surface area contributed by atoms with Crippen LogP contribution in [0.1, 0.15) is 30.8 Å². The lowest BCUT2D eigenvalue weighted by Gasteiger charge is -2.40. The van der Waals surface area contributed by atoms with Gasteiger partial charge in [-0.2, -0.15) is 26.3 Å². The first kappa shape index (κ1) is 29.6. The number of aliphatic hydroxyl groups is 1. The number of ether oxygens (including phenoxy) is 1. The number of aromatic nitrogens is 2. The van der Waals surface area contributed by atoms with Crippen molar-refractivity contribution in [3.63, 3.8) is 0 Å². The Morgan fingerprint density at radius 2 is 1.43 bits per heavy atom. The van der Waals surface area contributed by atoms with Crippen molar-refractivity contribution in [1.29, 1.82) is 0 Å². The molecule has 1 aromatic heterocycles. The van der Waals surface area contributed by atoms with Crippen molar-refractivity contribution in [3.8, 4) is 5.69 Å². The summed E-state index contributed by atoms with van der Waals surface area (Å²) in [4.78, 5) is 20.8. The molecule has 0 amide bonds. The molecule has 0 radical (unpaired) electrons. The lowest BCUT2D eigenvalue weighted by Crippen LogP contribution is -2.53. The van der Waals surface area contributed by atoms with Gasteiger partial charge in [0, 0.05) is 29.8 Å². The molecule has 6 nitrogen and oxygen atoms in total. The first-order valence-electron chi connectivity index (χ1n) is 13.1. The van der Waals surface area contributed by atoms with E-state index in [2.05, 4.69) is 4.90 Å². The van der Waals surface area contributed by atoms with E-state index in [1.54, 1.807) is 42.5 Å². The fourth-order valence-electron chi connectivity index (χ4n) is 5.40. The Balaban J connectivity index is 1.68. The van der Waals surface area contributed by atoms with Gasteiger partial charge in [-0.25, -0.2) is 4.98 Å². The molecule has 2 heterocycles. The molecule has 1 N–H and O–H groups in total. The summed E-state index contributed by atoms with van der Waals surface area (Å²) in [5, 5.41) is 10.0. The number of hydrogen-bond donors (Lipinski definition) is 1. The second kappa shape index (κ2) is 10.7. The molecular weight excluding hydrogens is 564 g/mol. The molecule has 0 bridgehead atoms. The highest BCUT2D eigenvalue weighted by atomic mass is 19.4. The van der Waals surface area contributed by atoms with Crippen LogP contribution in [0, 0.1) is 0 Å². The molecule has 0 spiro atoms. The summed E-state index contributed by atoms with van der Waals surface area (Å²) in [5.74, 6) is 0.231. The zero-order valence-electron chi connectivity index (χ0n) is 22.6. The van der Waals surface area contributed by atoms with Crippen molar-refractivity contribution in [2.24, 2.45) is 0 Å². The number of fused-ring (bicyclic) bond motifs is 1. The number of rotatable bonds is 5. The Hall–Kier alpha value is -3.90. The second-order valence-corrected chi connectivity index (χ2v) is 10.4. The molecular formula is C30H27F6N3O3. The first-order valence-corrected chi connectivity index (χ1v) is 13.1. The van der Waals surface area contributed by atoms with Gasteiger partial charge in [0.15, 0.2) is 0 Å². The Bertz CT molecular complexity index is 1610. The zero-order valence-corrected chi connectivity index (χ0v) is 22.6. The summed E-state index contributed by atoms with van der Waals surface area (Å²) in [6.45, 7) is 4.97. The molecule has 1 aliphatic rings. The highest BCUT2D eigenvalue weighted by molar-refractivity contribution is 5.82. The number of anilines is 1. The molecule has 2 unspecified atom stereocenters. The average Bonchev–Trinajstić information content (AvgIpc) is 2.92. The van der Waals surface area contributed by atoms with Crippen molar-refractivity contribution in [1.82, 2.24) is 9.55 Å². The minimum atomic E-state index is -6.03. The van der Waals surface area contributed by atoms with E-state index in [1.807, 2.05) is 19.9 Å². The minimum absolute atomic E-state index is 0.00529. The van der Waals surface area contributed by atoms with E-state index in [4.69, 9.17) is 9.72 Å². The van der Waals surface area contributed by atoms with Gasteiger partial charge in [-0.15, -0.1) is 0 Å². The molecule has 2 atom stereocenters. The fraction of sp³-hybridized carbons (Fsp3) is 0.333. The molecule has 0 saturated carbocycles. The molecule has 1 fully saturated rings. The van der Waals surface area contributed by atoms with Gasteiger partial charge < -0.3 is 14.7 Å². The van der Waals surface area contributed by atoms with Gasteiger partial charge in [0.25, 0.3) is 11.2 Å². The predicted molar refractivity (Wildman–Crippen MR) is 145 cm³/mol. The number of nitrogens with zero attached hydrogens (tertiary/aromatic N) is 3. The van der Waals surface area contributed by atoms with Crippen LogP contribution in [0.3, 0.4) is 0 Å². The second-order valence-electron chi connectivity index (χ2n) is 10.4. The Morgan fingerprint density at radius 1 is 0.857 bits per heavy atom. The largest absolute Gasteiger partial charge is 0.430 e. The maximum absolute atomic E-state index is 14.0. The third kappa shape index (κ3) is 5.13. The van der Waals surface area contributed by atoms with E-state index in [0.717, 1.165) is 23.4 Å². The van der Waals surface area contributed by atoms with Gasteiger partial charge in [0.05, 0.1) is 29.8 Å². The molecule has 222 valence electrons. The topological polar surface area (TPSA) is 67.6 Å². The van der Waals surface area contributed by atoms with Crippen LogP contribution in [0.4, 0.5) is 32.0 Å². The highest BCUT2D eigenvalue weighted by Gasteiger charge is 2.71. The monoisotopic (exact) mass is 591 g/mol. The molecule has 3 aromatic carbocycles. The Labute approximate surface area is 236 Å². The van der Waals surface area contributed by atoms with Crippen LogP contribution in [0.25, 0.3) is 16.6 Å². The standard InChI is InChI=1S/C30H27F6N3O3/c1-18-16-42-17-19(2)38(18)23-12-13-25-24(15-23)27(40)39(26(37-25)14-20-6-4-3-5-7-20)22-10-8-21(9-11-22)28(41,29(31,32)33)30(34,35)36/h3-13,15,18-19,41H,14,16-17H2,1-2H3. The van der Waals surface area contributed by atoms with Crippen LogP contribution in [-0.4, -0.2) is 52.3 Å². The van der Waals surface area contributed by atoms with Crippen LogP contribution in [0.15, 0.2) is 77.6 Å². The third-order valence-corrected chi connectivity index (χ3v) is 7.46. The predicted octanol–water partition coefficient (Wildman–Crippen LogP) is 5.90. The molecule has 12 heteroatoms. The van der Waals surface area contributed by atoms with Crippen molar-refractivity contribution in [2.45, 2.75) is 50.3 Å². The van der Waals surface area contributed by atoms with Gasteiger partial charge >= 0.3 is 12.4 Å². The highest BCUT2D eigenvalue weighted by Crippen LogP contribution is 2.50. The number of morpholine rings is 1. The maximum atomic E-state index is 14.0. The summed E-state index contributed by atoms with van der Waals surface area (Å²) in [5.41, 5.74) is -5.13. The smallest absolute Gasteiger partial charge is 0.377 e. The number of alkyl halides is 6. The van der Waals surface area contributed by atoms with Crippen molar-refractivity contribution in [2.75, 3.05) is 18.1 Å². The van der Waals surface area contributed by atoms with E-state index in [0.29, 0.717) is 30.9 Å². The molecule has 5 rings (SSSR count). The normalized spacial score (nSPS) is 18.5. The van der Waals surface area contributed by atoms with Crippen molar-refractivity contribution in [3.05, 3.63) is 100 Å². The van der Waals surface area contributed by atoms with Crippen molar-refractivity contribution >= 4 is 16.6 Å². The maximum Gasteiger partial charge on any atom is 0.430 e. The van der Waals surface area contributed by atoms with Crippen LogP contribution in [0.5, 0.6) is 0 Å². The first-order chi connectivity index (χ1) is 19.7. The van der Waals surface area contributed by atoms with E-state index < -0.39 is 29.1 Å². The van der Waals surface area contributed by atoms with E-state index in [-0.39, 0.29) is 35.4 Å². The summed E-state index contributed by atoms with van der Waals surface area (Å²) < 4.78 is 87.5. The van der Waals surface area contributed by atoms with Crippen LogP contribution in [-0.2, 0) is 16.8 Å². The third-order valence-electron chi connectivity index (χ3n) is 7.46. The Morgan fingerprint density at radius 3 is 2.00 bits per heavy atom. The minimum Gasteiger partial charge on any atom is -0.377 e. The van der Waals surface area contributed by atoms with E-state index in [1.165, 1.54) is 4.57 Å². The quantitative estimate of drug-likeness (QED) is 0.293. The molecule has 0 aliphatic carbocycles. The van der Waals surface area contributed by atoms with Gasteiger partial charge in [0.1, 0.15) is 5.82 Å². The molecule has 1 saturated heterocycles. The summed E-state index contributed by atoms with van der Waals surface area (Å²) >= 11 is 0. The number of hydrogen-bond acceptors (Lipinski definition) is 5. The molecule has 1 aliphatic heterocycles. The van der Waals surface area contributed by atoms with Gasteiger partial charge in [0.2, 0.25) is 0 Å². The van der Waals surface area contributed by atoms with E-state index in [9.17, 15) is 36.2 Å². The van der Waals surface area contributed by atoms with E-state index >= 15 is 0 Å². The van der Waals surface area contributed by atoms with Gasteiger partial charge in [-0.05, 0) is 49.7 Å². The SMILES string of the molecule is CC1COCC(C)N1c1ccc2nc(Cc3ccccc3)n(-c3ccc(C(O)(C(F)(F)F)C(F)(F)F)cc3)c(=O)c2c1. The summed E-state index contributed by atoms with van der Waals surface area (Å²) in [6.07, 6.45) is -11.9. The average molecular weight is 592 g/mol. The lowest BCUT2D eigenvalue weighted by molar-refractivity contribution is -0.376. The lowest BCUT2D eigenvalue weighted by atomic mass is 9.92. The van der Waals surface area contributed by atoms with Crippen LogP contribution >= 0.6 is 0 Å². The molecule has 4 aromatic rings. The number of halogens is 6. The molecule has 42 heavy (non-hydrogen) atoms. The number of benzene rings is 3. The summed E-state index contributed by atoms with van der Waals surface area (Å²) in [6, 6.07) is 17.2. The fourth-order valence-corrected chi connectivity index (χ4v) is 5.40. The van der Waals surface area contributed by atoms with Crippen molar-refractivity contribution < 1.29 is 36.2 Å².